The summed E-state index contributed by atoms with van der Waals surface area (Å²) in [5.74, 6) is 1.44. The number of nitrogens with zero attached hydrogens (tertiary/aromatic N) is 2. The maximum absolute atomic E-state index is 12.7. The molecule has 0 aromatic heterocycles. The quantitative estimate of drug-likeness (QED) is 0.752. The van der Waals surface area contributed by atoms with E-state index in [2.05, 4.69) is 29.0 Å². The number of carbonyl (C=O) groups excluding carboxylic acids is 1. The molecule has 1 aliphatic rings. The van der Waals surface area contributed by atoms with Gasteiger partial charge in [0.15, 0.2) is 0 Å². The van der Waals surface area contributed by atoms with Crippen molar-refractivity contribution in [1.29, 1.82) is 0 Å². The van der Waals surface area contributed by atoms with E-state index >= 15 is 0 Å². The van der Waals surface area contributed by atoms with Crippen molar-refractivity contribution in [3.05, 3.63) is 54.1 Å². The predicted molar refractivity (Wildman–Crippen MR) is 115 cm³/mol. The third-order valence-electron chi connectivity index (χ3n) is 5.41. The minimum Gasteiger partial charge on any atom is -0.508 e. The molecule has 0 aliphatic carbocycles. The van der Waals surface area contributed by atoms with E-state index in [0.29, 0.717) is 12.5 Å². The fraction of sp³-hybridized carbons (Fsp3) is 0.435. The standard InChI is InChI=1S/C23H31N3O3/c1-17(2)23(18-4-10-21(29-3)11-5-18)24-22(28)16-25-12-14-26(15-13-25)19-6-8-20(27)9-7-19/h4-11,17,23,27H,12-16H2,1-3H3,(H,24,28). The minimum absolute atomic E-state index is 0.0216. The molecule has 1 aliphatic heterocycles. The number of nitrogens with one attached hydrogen (secondary N) is 1. The lowest BCUT2D eigenvalue weighted by Gasteiger charge is -2.36. The first-order chi connectivity index (χ1) is 14.0. The van der Waals surface area contributed by atoms with Gasteiger partial charge in [-0.05, 0) is 47.9 Å². The summed E-state index contributed by atoms with van der Waals surface area (Å²) in [6, 6.07) is 15.1. The Bertz CT molecular complexity index is 782. The zero-order chi connectivity index (χ0) is 20.8. The van der Waals surface area contributed by atoms with E-state index in [1.54, 1.807) is 19.2 Å². The first-order valence-corrected chi connectivity index (χ1v) is 10.2. The van der Waals surface area contributed by atoms with Gasteiger partial charge in [-0.2, -0.15) is 0 Å². The second-order valence-corrected chi connectivity index (χ2v) is 7.84. The predicted octanol–water partition coefficient (Wildman–Crippen LogP) is 3.04. The van der Waals surface area contributed by atoms with E-state index < -0.39 is 0 Å². The Balaban J connectivity index is 1.52. The van der Waals surface area contributed by atoms with Crippen LogP contribution in [0.1, 0.15) is 25.5 Å². The van der Waals surface area contributed by atoms with E-state index in [1.807, 2.05) is 36.4 Å². The van der Waals surface area contributed by atoms with Crippen LogP contribution in [0.15, 0.2) is 48.5 Å². The van der Waals surface area contributed by atoms with Crippen LogP contribution in [0.5, 0.6) is 11.5 Å². The summed E-state index contributed by atoms with van der Waals surface area (Å²) in [6.45, 7) is 8.04. The van der Waals surface area contributed by atoms with E-state index in [-0.39, 0.29) is 17.7 Å². The van der Waals surface area contributed by atoms with Gasteiger partial charge in [-0.25, -0.2) is 0 Å². The Hall–Kier alpha value is -2.73. The fourth-order valence-corrected chi connectivity index (χ4v) is 3.70. The monoisotopic (exact) mass is 397 g/mol. The van der Waals surface area contributed by atoms with Gasteiger partial charge in [0.2, 0.25) is 5.91 Å². The molecule has 156 valence electrons. The third kappa shape index (κ3) is 5.64. The summed E-state index contributed by atoms with van der Waals surface area (Å²) in [6.07, 6.45) is 0. The van der Waals surface area contributed by atoms with Crippen LogP contribution in [0, 0.1) is 5.92 Å². The maximum atomic E-state index is 12.7. The smallest absolute Gasteiger partial charge is 0.234 e. The van der Waals surface area contributed by atoms with Crippen LogP contribution < -0.4 is 15.0 Å². The SMILES string of the molecule is COc1ccc(C(NC(=O)CN2CCN(c3ccc(O)cc3)CC2)C(C)C)cc1. The molecule has 1 unspecified atom stereocenters. The summed E-state index contributed by atoms with van der Waals surface area (Å²) >= 11 is 0. The van der Waals surface area contributed by atoms with Gasteiger partial charge in [0.25, 0.3) is 0 Å². The number of rotatable bonds is 7. The van der Waals surface area contributed by atoms with E-state index in [4.69, 9.17) is 4.74 Å². The number of methoxy groups -OCH3 is 1. The zero-order valence-electron chi connectivity index (χ0n) is 17.5. The lowest BCUT2D eigenvalue weighted by Crippen LogP contribution is -2.50. The Morgan fingerprint density at radius 1 is 1.03 bits per heavy atom. The van der Waals surface area contributed by atoms with Crippen LogP contribution in [0.3, 0.4) is 0 Å². The number of ether oxygens (including phenoxy) is 1. The summed E-state index contributed by atoms with van der Waals surface area (Å²) in [5, 5.41) is 12.6. The Labute approximate surface area is 173 Å². The Morgan fingerprint density at radius 3 is 2.21 bits per heavy atom. The number of phenols is 1. The summed E-state index contributed by atoms with van der Waals surface area (Å²) in [5.41, 5.74) is 2.19. The van der Waals surface area contributed by atoms with Crippen LogP contribution in [-0.4, -0.2) is 55.7 Å². The zero-order valence-corrected chi connectivity index (χ0v) is 17.5. The molecule has 1 saturated heterocycles. The lowest BCUT2D eigenvalue weighted by molar-refractivity contribution is -0.123. The highest BCUT2D eigenvalue weighted by molar-refractivity contribution is 5.78. The average Bonchev–Trinajstić information content (AvgIpc) is 2.73. The van der Waals surface area contributed by atoms with Crippen LogP contribution in [-0.2, 0) is 4.79 Å². The highest BCUT2D eigenvalue weighted by Crippen LogP contribution is 2.24. The molecule has 6 nitrogen and oxygen atoms in total. The number of carbonyl (C=O) groups is 1. The van der Waals surface area contributed by atoms with Crippen molar-refractivity contribution >= 4 is 11.6 Å². The molecular formula is C23H31N3O3. The lowest BCUT2D eigenvalue weighted by atomic mass is 9.96. The second-order valence-electron chi connectivity index (χ2n) is 7.84. The number of hydrogen-bond acceptors (Lipinski definition) is 5. The Morgan fingerprint density at radius 2 is 1.66 bits per heavy atom. The van der Waals surface area contributed by atoms with E-state index in [1.165, 1.54) is 0 Å². The van der Waals surface area contributed by atoms with Crippen LogP contribution >= 0.6 is 0 Å². The maximum Gasteiger partial charge on any atom is 0.234 e. The van der Waals surface area contributed by atoms with Crippen molar-refractivity contribution in [2.24, 2.45) is 5.92 Å². The van der Waals surface area contributed by atoms with Crippen molar-refractivity contribution in [2.75, 3.05) is 44.7 Å². The van der Waals surface area contributed by atoms with Gasteiger partial charge >= 0.3 is 0 Å². The second kappa shape index (κ2) is 9.65. The van der Waals surface area contributed by atoms with Crippen molar-refractivity contribution in [2.45, 2.75) is 19.9 Å². The third-order valence-corrected chi connectivity index (χ3v) is 5.41. The van der Waals surface area contributed by atoms with E-state index in [9.17, 15) is 9.90 Å². The molecule has 1 amide bonds. The van der Waals surface area contributed by atoms with Crippen LogP contribution in [0.2, 0.25) is 0 Å². The van der Waals surface area contributed by atoms with Gasteiger partial charge in [-0.1, -0.05) is 26.0 Å². The molecule has 0 saturated carbocycles. The molecule has 6 heteroatoms. The number of piperazine rings is 1. The first kappa shape index (κ1) is 21.0. The molecule has 1 fully saturated rings. The molecule has 2 aromatic carbocycles. The summed E-state index contributed by atoms with van der Waals surface area (Å²) < 4.78 is 5.23. The molecule has 2 aromatic rings. The molecule has 1 heterocycles. The normalized spacial score (nSPS) is 15.9. The van der Waals surface area contributed by atoms with Gasteiger partial charge in [-0.3, -0.25) is 9.69 Å². The fourth-order valence-electron chi connectivity index (χ4n) is 3.70. The van der Waals surface area contributed by atoms with Crippen molar-refractivity contribution < 1.29 is 14.6 Å². The van der Waals surface area contributed by atoms with Crippen LogP contribution in [0.25, 0.3) is 0 Å². The molecule has 2 N–H and O–H groups in total. The first-order valence-electron chi connectivity index (χ1n) is 10.2. The van der Waals surface area contributed by atoms with Gasteiger partial charge < -0.3 is 20.1 Å². The molecule has 3 rings (SSSR count). The van der Waals surface area contributed by atoms with Crippen LogP contribution in [0.4, 0.5) is 5.69 Å². The number of hydrogen-bond donors (Lipinski definition) is 2. The largest absolute Gasteiger partial charge is 0.508 e. The number of phenolic OH excluding ortho intramolecular Hbond substituents is 1. The number of anilines is 1. The van der Waals surface area contributed by atoms with E-state index in [0.717, 1.165) is 43.2 Å². The van der Waals surface area contributed by atoms with Gasteiger partial charge in [-0.15, -0.1) is 0 Å². The van der Waals surface area contributed by atoms with Crippen molar-refractivity contribution in [1.82, 2.24) is 10.2 Å². The number of benzene rings is 2. The molecule has 0 radical (unpaired) electrons. The number of aromatic hydroxyl groups is 1. The summed E-state index contributed by atoms with van der Waals surface area (Å²) in [4.78, 5) is 17.2. The van der Waals surface area contributed by atoms with Gasteiger partial charge in [0.05, 0.1) is 19.7 Å². The Kier molecular flexibility index (Phi) is 6.99. The molecular weight excluding hydrogens is 366 g/mol. The molecule has 0 spiro atoms. The highest BCUT2D eigenvalue weighted by atomic mass is 16.5. The molecule has 29 heavy (non-hydrogen) atoms. The minimum atomic E-state index is -0.0216. The molecule has 0 bridgehead atoms. The van der Waals surface area contributed by atoms with Crippen molar-refractivity contribution in [3.8, 4) is 11.5 Å². The number of amides is 1. The molecule has 1 atom stereocenters. The average molecular weight is 398 g/mol. The van der Waals surface area contributed by atoms with Gasteiger partial charge in [0.1, 0.15) is 11.5 Å². The van der Waals surface area contributed by atoms with Gasteiger partial charge in [0, 0.05) is 31.9 Å². The highest BCUT2D eigenvalue weighted by Gasteiger charge is 2.22. The van der Waals surface area contributed by atoms with Crippen molar-refractivity contribution in [3.63, 3.8) is 0 Å². The topological polar surface area (TPSA) is 65.0 Å². The summed E-state index contributed by atoms with van der Waals surface area (Å²) in [7, 11) is 1.65.